The fraction of sp³-hybridized carbons (Fsp3) is 0.185. The SMILES string of the molecule is Cc1c(C(=O)Nc2ccc(N3CCN(C(=O)/C=C/c4ccccc4)CC3)cc2)cccc1[N+](=O)[O-]. The Kier molecular flexibility index (Phi) is 7.21. The molecule has 0 unspecified atom stereocenters. The molecular formula is C27H26N4O4. The third-order valence-electron chi connectivity index (χ3n) is 6.05. The number of benzene rings is 3. The van der Waals surface area contributed by atoms with Gasteiger partial charge in [0.1, 0.15) is 0 Å². The Balaban J connectivity index is 1.32. The number of anilines is 2. The molecule has 0 radical (unpaired) electrons. The first-order valence-corrected chi connectivity index (χ1v) is 11.3. The second-order valence-corrected chi connectivity index (χ2v) is 8.26. The summed E-state index contributed by atoms with van der Waals surface area (Å²) >= 11 is 0. The minimum atomic E-state index is -0.492. The molecule has 1 fully saturated rings. The first-order chi connectivity index (χ1) is 16.9. The van der Waals surface area contributed by atoms with Gasteiger partial charge in [0.05, 0.1) is 4.92 Å². The second-order valence-electron chi connectivity index (χ2n) is 8.26. The Hall–Kier alpha value is -4.46. The van der Waals surface area contributed by atoms with Crippen LogP contribution in [0.3, 0.4) is 0 Å². The van der Waals surface area contributed by atoms with Crippen molar-refractivity contribution in [1.82, 2.24) is 4.90 Å². The molecule has 8 heteroatoms. The number of rotatable bonds is 6. The topological polar surface area (TPSA) is 95.8 Å². The van der Waals surface area contributed by atoms with E-state index in [9.17, 15) is 19.7 Å². The van der Waals surface area contributed by atoms with E-state index in [0.717, 1.165) is 11.3 Å². The van der Waals surface area contributed by atoms with E-state index in [2.05, 4.69) is 10.2 Å². The van der Waals surface area contributed by atoms with Crippen LogP contribution in [-0.4, -0.2) is 47.8 Å². The first-order valence-electron chi connectivity index (χ1n) is 11.3. The molecule has 0 aliphatic carbocycles. The minimum absolute atomic E-state index is 0.00278. The summed E-state index contributed by atoms with van der Waals surface area (Å²) in [5.41, 5.74) is 3.11. The van der Waals surface area contributed by atoms with Crippen molar-refractivity contribution in [1.29, 1.82) is 0 Å². The number of hydrogen-bond donors (Lipinski definition) is 1. The number of nitrogens with zero attached hydrogens (tertiary/aromatic N) is 3. The number of carbonyl (C=O) groups excluding carboxylic acids is 2. The van der Waals surface area contributed by atoms with Crippen molar-refractivity contribution in [2.45, 2.75) is 6.92 Å². The van der Waals surface area contributed by atoms with Gasteiger partial charge in [-0.3, -0.25) is 19.7 Å². The van der Waals surface area contributed by atoms with E-state index in [4.69, 9.17) is 0 Å². The van der Waals surface area contributed by atoms with Crippen LogP contribution in [0, 0.1) is 17.0 Å². The average molecular weight is 471 g/mol. The van der Waals surface area contributed by atoms with Crippen LogP contribution in [0.1, 0.15) is 21.5 Å². The summed E-state index contributed by atoms with van der Waals surface area (Å²) in [5, 5.41) is 13.9. The molecule has 4 rings (SSSR count). The van der Waals surface area contributed by atoms with E-state index in [-0.39, 0.29) is 17.2 Å². The Morgan fingerprint density at radius 1 is 0.914 bits per heavy atom. The lowest BCUT2D eigenvalue weighted by atomic mass is 10.1. The van der Waals surface area contributed by atoms with Gasteiger partial charge in [-0.1, -0.05) is 36.4 Å². The zero-order valence-corrected chi connectivity index (χ0v) is 19.4. The molecule has 0 spiro atoms. The predicted octanol–water partition coefficient (Wildman–Crippen LogP) is 4.52. The highest BCUT2D eigenvalue weighted by Gasteiger charge is 2.21. The van der Waals surface area contributed by atoms with Crippen LogP contribution in [-0.2, 0) is 4.79 Å². The quantitative estimate of drug-likeness (QED) is 0.325. The molecular weight excluding hydrogens is 444 g/mol. The number of amides is 2. The molecule has 35 heavy (non-hydrogen) atoms. The molecule has 1 aliphatic rings. The van der Waals surface area contributed by atoms with E-state index in [1.54, 1.807) is 31.2 Å². The highest BCUT2D eigenvalue weighted by Crippen LogP contribution is 2.23. The molecule has 1 saturated heterocycles. The summed E-state index contributed by atoms with van der Waals surface area (Å²) in [6.07, 6.45) is 3.45. The smallest absolute Gasteiger partial charge is 0.273 e. The Morgan fingerprint density at radius 2 is 1.60 bits per heavy atom. The first kappa shape index (κ1) is 23.7. The van der Waals surface area contributed by atoms with Crippen LogP contribution in [0.2, 0.25) is 0 Å². The van der Waals surface area contributed by atoms with Gasteiger partial charge in [-0.05, 0) is 48.9 Å². The van der Waals surface area contributed by atoms with Crippen molar-refractivity contribution >= 4 is 35.0 Å². The maximum Gasteiger partial charge on any atom is 0.273 e. The molecule has 0 atom stereocenters. The zero-order valence-electron chi connectivity index (χ0n) is 19.4. The Morgan fingerprint density at radius 3 is 2.26 bits per heavy atom. The fourth-order valence-corrected chi connectivity index (χ4v) is 4.04. The van der Waals surface area contributed by atoms with Crippen molar-refractivity contribution in [2.75, 3.05) is 36.4 Å². The predicted molar refractivity (Wildman–Crippen MR) is 136 cm³/mol. The maximum atomic E-state index is 12.7. The molecule has 1 N–H and O–H groups in total. The van der Waals surface area contributed by atoms with Gasteiger partial charge in [0.15, 0.2) is 0 Å². The molecule has 0 saturated carbocycles. The van der Waals surface area contributed by atoms with Gasteiger partial charge in [0, 0.05) is 60.8 Å². The van der Waals surface area contributed by atoms with Crippen LogP contribution < -0.4 is 10.2 Å². The molecule has 0 aromatic heterocycles. The third-order valence-corrected chi connectivity index (χ3v) is 6.05. The fourth-order valence-electron chi connectivity index (χ4n) is 4.04. The van der Waals surface area contributed by atoms with Crippen molar-refractivity contribution in [3.63, 3.8) is 0 Å². The van der Waals surface area contributed by atoms with Gasteiger partial charge in [-0.25, -0.2) is 0 Å². The van der Waals surface area contributed by atoms with Gasteiger partial charge in [0.2, 0.25) is 5.91 Å². The van der Waals surface area contributed by atoms with E-state index >= 15 is 0 Å². The lowest BCUT2D eigenvalue weighted by Gasteiger charge is -2.35. The highest BCUT2D eigenvalue weighted by atomic mass is 16.6. The lowest BCUT2D eigenvalue weighted by Crippen LogP contribution is -2.48. The minimum Gasteiger partial charge on any atom is -0.368 e. The number of nitro benzene ring substituents is 1. The summed E-state index contributed by atoms with van der Waals surface area (Å²) < 4.78 is 0. The number of hydrogen-bond acceptors (Lipinski definition) is 5. The second kappa shape index (κ2) is 10.6. The lowest BCUT2D eigenvalue weighted by molar-refractivity contribution is -0.385. The van der Waals surface area contributed by atoms with Gasteiger partial charge in [0.25, 0.3) is 11.6 Å². The summed E-state index contributed by atoms with van der Waals surface area (Å²) in [7, 11) is 0. The van der Waals surface area contributed by atoms with Gasteiger partial charge in [-0.15, -0.1) is 0 Å². The average Bonchev–Trinajstić information content (AvgIpc) is 2.88. The maximum absolute atomic E-state index is 12.7. The standard InChI is InChI=1S/C27H26N4O4/c1-20-24(8-5-9-25(20)31(34)35)27(33)28-22-11-13-23(14-12-22)29-16-18-30(19-17-29)26(32)15-10-21-6-3-2-4-7-21/h2-15H,16-19H2,1H3,(H,28,33)/b15-10+. The van der Waals surface area contributed by atoms with Crippen LogP contribution >= 0.6 is 0 Å². The Bertz CT molecular complexity index is 1250. The van der Waals surface area contributed by atoms with Crippen LogP contribution in [0.15, 0.2) is 78.9 Å². The van der Waals surface area contributed by atoms with Gasteiger partial charge in [-0.2, -0.15) is 0 Å². The van der Waals surface area contributed by atoms with Crippen molar-refractivity contribution in [2.24, 2.45) is 0 Å². The van der Waals surface area contributed by atoms with Crippen LogP contribution in [0.4, 0.5) is 17.1 Å². The van der Waals surface area contributed by atoms with E-state index in [0.29, 0.717) is 37.4 Å². The molecule has 8 nitrogen and oxygen atoms in total. The van der Waals surface area contributed by atoms with Crippen molar-refractivity contribution < 1.29 is 14.5 Å². The normalized spacial score (nSPS) is 13.6. The molecule has 3 aromatic rings. The third kappa shape index (κ3) is 5.73. The van der Waals surface area contributed by atoms with Crippen LogP contribution in [0.5, 0.6) is 0 Å². The molecule has 2 amide bonds. The van der Waals surface area contributed by atoms with E-state index in [1.165, 1.54) is 12.1 Å². The molecule has 1 heterocycles. The number of nitrogens with one attached hydrogen (secondary N) is 1. The molecule has 1 aliphatic heterocycles. The van der Waals surface area contributed by atoms with Gasteiger partial charge < -0.3 is 15.1 Å². The number of piperazine rings is 1. The summed E-state index contributed by atoms with van der Waals surface area (Å²) in [5.74, 6) is -0.391. The summed E-state index contributed by atoms with van der Waals surface area (Å²) in [6, 6.07) is 21.6. The van der Waals surface area contributed by atoms with Gasteiger partial charge >= 0.3 is 0 Å². The largest absolute Gasteiger partial charge is 0.368 e. The summed E-state index contributed by atoms with van der Waals surface area (Å²) in [6.45, 7) is 4.25. The van der Waals surface area contributed by atoms with E-state index in [1.807, 2.05) is 53.4 Å². The molecule has 0 bridgehead atoms. The Labute approximate surface area is 203 Å². The van der Waals surface area contributed by atoms with Crippen molar-refractivity contribution in [3.8, 4) is 0 Å². The van der Waals surface area contributed by atoms with E-state index < -0.39 is 10.8 Å². The van der Waals surface area contributed by atoms with Crippen molar-refractivity contribution in [3.05, 3.63) is 106 Å². The zero-order chi connectivity index (χ0) is 24.8. The number of nitro groups is 1. The molecule has 178 valence electrons. The van der Waals surface area contributed by atoms with Crippen LogP contribution in [0.25, 0.3) is 6.08 Å². The number of carbonyl (C=O) groups is 2. The monoisotopic (exact) mass is 470 g/mol. The highest BCUT2D eigenvalue weighted by molar-refractivity contribution is 6.05. The summed E-state index contributed by atoms with van der Waals surface area (Å²) in [4.78, 5) is 39.8. The molecule has 3 aromatic carbocycles.